The zero-order chi connectivity index (χ0) is 26.1. The zero-order valence-corrected chi connectivity index (χ0v) is 19.5. The van der Waals surface area contributed by atoms with Crippen LogP contribution in [0.3, 0.4) is 0 Å². The summed E-state index contributed by atoms with van der Waals surface area (Å²) < 4.78 is 42.5. The summed E-state index contributed by atoms with van der Waals surface area (Å²) in [6, 6.07) is 8.37. The summed E-state index contributed by atoms with van der Waals surface area (Å²) in [4.78, 5) is 24.1. The van der Waals surface area contributed by atoms with Crippen LogP contribution in [0.5, 0.6) is 5.75 Å². The fraction of sp³-hybridized carbons (Fsp3) is 0.364. The van der Waals surface area contributed by atoms with E-state index in [-0.39, 0.29) is 29.9 Å². The van der Waals surface area contributed by atoms with Crippen LogP contribution in [-0.4, -0.2) is 56.0 Å². The second-order valence-corrected chi connectivity index (χ2v) is 8.00. The number of carbonyl (C=O) groups excluding carboxylic acids is 2. The van der Waals surface area contributed by atoms with Gasteiger partial charge in [0.2, 0.25) is 5.91 Å². The Balaban J connectivity index is 1.40. The van der Waals surface area contributed by atoms with Crippen molar-refractivity contribution in [2.75, 3.05) is 17.2 Å². The maximum Gasteiger partial charge on any atom is 0.573 e. The number of alkyl halides is 3. The van der Waals surface area contributed by atoms with E-state index >= 15 is 0 Å². The van der Waals surface area contributed by atoms with Crippen LogP contribution in [0.1, 0.15) is 36.3 Å². The Labute approximate surface area is 204 Å². The number of rotatable bonds is 11. The fourth-order valence-corrected chi connectivity index (χ4v) is 3.02. The third-order valence-electron chi connectivity index (χ3n) is 4.49. The number of carbonyl (C=O) groups is 2. The van der Waals surface area contributed by atoms with Gasteiger partial charge in [0.25, 0.3) is 5.91 Å². The van der Waals surface area contributed by atoms with E-state index in [4.69, 9.17) is 0 Å². The third kappa shape index (κ3) is 8.85. The van der Waals surface area contributed by atoms with E-state index in [0.29, 0.717) is 30.9 Å². The maximum atomic E-state index is 12.4. The van der Waals surface area contributed by atoms with Crippen LogP contribution in [0.25, 0.3) is 0 Å². The molecule has 0 saturated carbocycles. The summed E-state index contributed by atoms with van der Waals surface area (Å²) >= 11 is 0. The van der Waals surface area contributed by atoms with Gasteiger partial charge < -0.3 is 20.7 Å². The van der Waals surface area contributed by atoms with Gasteiger partial charge in [-0.1, -0.05) is 17.3 Å². The van der Waals surface area contributed by atoms with Gasteiger partial charge in [0.15, 0.2) is 11.5 Å². The molecule has 3 N–H and O–H groups in total. The average molecular weight is 506 g/mol. The molecular formula is C22H25F3N8O3. The molecule has 0 unspecified atom stereocenters. The molecule has 0 aliphatic carbocycles. The topological polar surface area (TPSA) is 136 Å². The number of amides is 2. The number of nitrogens with one attached hydrogen (secondary N) is 3. The van der Waals surface area contributed by atoms with Gasteiger partial charge in [-0.15, -0.1) is 28.5 Å². The first-order valence-corrected chi connectivity index (χ1v) is 11.0. The van der Waals surface area contributed by atoms with Crippen molar-refractivity contribution >= 4 is 23.5 Å². The van der Waals surface area contributed by atoms with E-state index in [9.17, 15) is 22.8 Å². The Kier molecular flexibility index (Phi) is 8.76. The lowest BCUT2D eigenvalue weighted by Gasteiger charge is -2.10. The first-order valence-electron chi connectivity index (χ1n) is 11.0. The molecule has 2 heterocycles. The number of halogens is 3. The van der Waals surface area contributed by atoms with Gasteiger partial charge in [-0.3, -0.25) is 14.3 Å². The summed E-state index contributed by atoms with van der Waals surface area (Å²) in [5.41, 5.74) is 0.600. The number of nitrogens with zero attached hydrogens (tertiary/aromatic N) is 5. The Morgan fingerprint density at radius 1 is 1.08 bits per heavy atom. The lowest BCUT2D eigenvalue weighted by molar-refractivity contribution is -0.274. The molecule has 2 aromatic heterocycles. The highest BCUT2D eigenvalue weighted by Gasteiger charge is 2.31. The molecule has 1 aromatic carbocycles. The minimum absolute atomic E-state index is 0.00600. The van der Waals surface area contributed by atoms with Crippen LogP contribution in [0.4, 0.5) is 24.8 Å². The predicted octanol–water partition coefficient (Wildman–Crippen LogP) is 2.79. The van der Waals surface area contributed by atoms with Gasteiger partial charge in [0, 0.05) is 19.1 Å². The second-order valence-electron chi connectivity index (χ2n) is 8.00. The van der Waals surface area contributed by atoms with Crippen LogP contribution in [0.2, 0.25) is 0 Å². The Morgan fingerprint density at radius 3 is 2.53 bits per heavy atom. The Hall–Kier alpha value is -4.23. The highest BCUT2D eigenvalue weighted by atomic mass is 19.4. The number of hydrogen-bond acceptors (Lipinski definition) is 8. The normalized spacial score (nSPS) is 11.3. The van der Waals surface area contributed by atoms with E-state index in [2.05, 4.69) is 41.2 Å². The molecule has 0 aliphatic rings. The van der Waals surface area contributed by atoms with Crippen LogP contribution in [-0.2, 0) is 17.8 Å². The minimum Gasteiger partial charge on any atom is -0.406 e. The number of aromatic nitrogens is 5. The Morgan fingerprint density at radius 2 is 1.83 bits per heavy atom. The number of anilines is 2. The Bertz CT molecular complexity index is 1170. The molecule has 0 atom stereocenters. The number of aryl methyl sites for hydroxylation is 1. The fourth-order valence-electron chi connectivity index (χ4n) is 3.02. The number of benzene rings is 1. The minimum atomic E-state index is -4.81. The van der Waals surface area contributed by atoms with E-state index < -0.39 is 18.0 Å². The van der Waals surface area contributed by atoms with Crippen molar-refractivity contribution in [3.05, 3.63) is 53.9 Å². The van der Waals surface area contributed by atoms with Crippen molar-refractivity contribution in [1.82, 2.24) is 30.5 Å². The van der Waals surface area contributed by atoms with Gasteiger partial charge in [-0.2, -0.15) is 0 Å². The van der Waals surface area contributed by atoms with E-state index in [1.807, 2.05) is 13.8 Å². The van der Waals surface area contributed by atoms with Crippen LogP contribution < -0.4 is 20.7 Å². The summed E-state index contributed by atoms with van der Waals surface area (Å²) in [5, 5.41) is 24.1. The van der Waals surface area contributed by atoms with Crippen molar-refractivity contribution in [3.8, 4) is 5.75 Å². The molecule has 0 fully saturated rings. The van der Waals surface area contributed by atoms with Crippen LogP contribution >= 0.6 is 0 Å². The van der Waals surface area contributed by atoms with Crippen molar-refractivity contribution in [1.29, 1.82) is 0 Å². The van der Waals surface area contributed by atoms with Gasteiger partial charge in [0.05, 0.1) is 12.6 Å². The molecule has 0 aliphatic heterocycles. The van der Waals surface area contributed by atoms with Crippen LogP contribution in [0.15, 0.2) is 42.6 Å². The van der Waals surface area contributed by atoms with E-state index in [0.717, 1.165) is 12.1 Å². The van der Waals surface area contributed by atoms with Crippen LogP contribution in [0, 0.1) is 0 Å². The van der Waals surface area contributed by atoms with Crippen molar-refractivity contribution in [3.63, 3.8) is 0 Å². The van der Waals surface area contributed by atoms with Gasteiger partial charge in [-0.25, -0.2) is 0 Å². The van der Waals surface area contributed by atoms with Crippen molar-refractivity contribution in [2.24, 2.45) is 0 Å². The molecule has 0 bridgehead atoms. The number of hydrogen-bond donors (Lipinski definition) is 3. The molecule has 11 nitrogen and oxygen atoms in total. The van der Waals surface area contributed by atoms with E-state index in [1.54, 1.807) is 23.0 Å². The molecule has 192 valence electrons. The molecule has 3 rings (SSSR count). The second kappa shape index (κ2) is 12.0. The molecule has 3 aromatic rings. The lowest BCUT2D eigenvalue weighted by atomic mass is 10.1. The molecule has 14 heteroatoms. The predicted molar refractivity (Wildman–Crippen MR) is 123 cm³/mol. The van der Waals surface area contributed by atoms with Crippen molar-refractivity contribution in [2.45, 2.75) is 45.6 Å². The highest BCUT2D eigenvalue weighted by Crippen LogP contribution is 2.23. The standard InChI is InChI=1S/C22H25F3N8O3/c1-14(2)27-21(35)17-13-33(32-29-17)10-4-9-26-18-7-8-19(31-30-18)28-20(34)12-15-5-3-6-16(11-15)36-22(23,24)25/h3,5-8,11,13-14H,4,9-10,12H2,1-2H3,(H,26,30)(H,27,35)(H,28,31,34). The lowest BCUT2D eigenvalue weighted by Crippen LogP contribution is -2.30. The molecule has 0 saturated heterocycles. The number of ether oxygens (including phenoxy) is 1. The SMILES string of the molecule is CC(C)NC(=O)c1cn(CCCNc2ccc(NC(=O)Cc3cccc(OC(F)(F)F)c3)nn2)nn1. The van der Waals surface area contributed by atoms with Gasteiger partial charge in [-0.05, 0) is 50.1 Å². The third-order valence-corrected chi connectivity index (χ3v) is 4.49. The summed E-state index contributed by atoms with van der Waals surface area (Å²) in [7, 11) is 0. The van der Waals surface area contributed by atoms with Gasteiger partial charge >= 0.3 is 6.36 Å². The summed E-state index contributed by atoms with van der Waals surface area (Å²) in [6.07, 6.45) is -2.72. The first-order chi connectivity index (χ1) is 17.1. The summed E-state index contributed by atoms with van der Waals surface area (Å²) in [5.74, 6) is -0.461. The molecule has 0 spiro atoms. The quantitative estimate of drug-likeness (QED) is 0.338. The van der Waals surface area contributed by atoms with Crippen molar-refractivity contribution < 1.29 is 27.5 Å². The molecule has 36 heavy (non-hydrogen) atoms. The summed E-state index contributed by atoms with van der Waals surface area (Å²) in [6.45, 7) is 4.80. The van der Waals surface area contributed by atoms with Gasteiger partial charge in [0.1, 0.15) is 11.6 Å². The monoisotopic (exact) mass is 506 g/mol. The van der Waals surface area contributed by atoms with E-state index in [1.165, 1.54) is 12.1 Å². The molecule has 0 radical (unpaired) electrons. The molecular weight excluding hydrogens is 481 g/mol. The smallest absolute Gasteiger partial charge is 0.406 e. The zero-order valence-electron chi connectivity index (χ0n) is 19.5. The average Bonchev–Trinajstić information content (AvgIpc) is 3.25. The maximum absolute atomic E-state index is 12.4. The molecule has 2 amide bonds. The highest BCUT2D eigenvalue weighted by molar-refractivity contribution is 5.92. The largest absolute Gasteiger partial charge is 0.573 e. The first kappa shape index (κ1) is 26.4.